The Morgan fingerprint density at radius 3 is 2.76 bits per heavy atom. The fourth-order valence-corrected chi connectivity index (χ4v) is 4.30. The predicted molar refractivity (Wildman–Crippen MR) is 111 cm³/mol. The topological polar surface area (TPSA) is 89.8 Å². The van der Waals surface area contributed by atoms with Gasteiger partial charge in [-0.1, -0.05) is 47.4 Å². The number of anilines is 1. The molecule has 2 aromatic heterocycles. The van der Waals surface area contributed by atoms with Crippen LogP contribution in [-0.2, 0) is 17.1 Å². The summed E-state index contributed by atoms with van der Waals surface area (Å²) >= 11 is 2.67. The van der Waals surface area contributed by atoms with Gasteiger partial charge in [-0.3, -0.25) is 19.5 Å². The average Bonchev–Trinajstić information content (AvgIpc) is 3.17. The molecule has 10 heteroatoms. The number of carbonyl (C=O) groups excluding carboxylic acids is 1. The largest absolute Gasteiger partial charge is 0.299 e. The summed E-state index contributed by atoms with van der Waals surface area (Å²) < 4.78 is 14.9. The van der Waals surface area contributed by atoms with E-state index in [9.17, 15) is 14.0 Å². The number of para-hydroxylation sites is 1. The van der Waals surface area contributed by atoms with Crippen molar-refractivity contribution in [2.45, 2.75) is 16.6 Å². The minimum Gasteiger partial charge on any atom is -0.299 e. The first-order valence-corrected chi connectivity index (χ1v) is 10.3. The van der Waals surface area contributed by atoms with E-state index in [1.54, 1.807) is 36.4 Å². The molecule has 0 aliphatic carbocycles. The molecular formula is C19H14FN5O2S2. The average molecular weight is 427 g/mol. The highest BCUT2D eigenvalue weighted by Crippen LogP contribution is 2.28. The number of hydrogen-bond donors (Lipinski definition) is 1. The Kier molecular flexibility index (Phi) is 5.63. The molecule has 0 atom stereocenters. The molecule has 0 aliphatic heterocycles. The fraction of sp³-hybridized carbons (Fsp3) is 0.105. The molecule has 0 bridgehead atoms. The molecule has 2 aromatic carbocycles. The zero-order valence-electron chi connectivity index (χ0n) is 14.9. The van der Waals surface area contributed by atoms with Crippen molar-refractivity contribution in [1.82, 2.24) is 19.7 Å². The van der Waals surface area contributed by atoms with Crippen LogP contribution in [0.25, 0.3) is 10.9 Å². The van der Waals surface area contributed by atoms with Crippen LogP contribution in [0.2, 0.25) is 0 Å². The van der Waals surface area contributed by atoms with E-state index in [-0.39, 0.29) is 17.9 Å². The summed E-state index contributed by atoms with van der Waals surface area (Å²) in [5.74, 6) is -0.0584. The predicted octanol–water partition coefficient (Wildman–Crippen LogP) is 3.32. The number of hydrogen-bond acceptors (Lipinski definition) is 7. The summed E-state index contributed by atoms with van der Waals surface area (Å²) in [6, 6.07) is 13.2. The van der Waals surface area contributed by atoms with Crippen molar-refractivity contribution in [1.29, 1.82) is 0 Å². The van der Waals surface area contributed by atoms with E-state index in [0.717, 1.165) is 5.56 Å². The van der Waals surface area contributed by atoms with Crippen molar-refractivity contribution in [3.8, 4) is 0 Å². The fourth-order valence-electron chi connectivity index (χ4n) is 2.58. The lowest BCUT2D eigenvalue weighted by Gasteiger charge is -2.05. The van der Waals surface area contributed by atoms with Crippen LogP contribution >= 0.6 is 23.1 Å². The molecule has 1 N–H and O–H groups in total. The number of rotatable bonds is 6. The number of fused-ring (bicyclic) bond motifs is 1. The van der Waals surface area contributed by atoms with Crippen molar-refractivity contribution in [2.75, 3.05) is 5.32 Å². The molecule has 0 saturated carbocycles. The van der Waals surface area contributed by atoms with Gasteiger partial charge < -0.3 is 0 Å². The van der Waals surface area contributed by atoms with Crippen molar-refractivity contribution in [3.05, 3.63) is 76.6 Å². The summed E-state index contributed by atoms with van der Waals surface area (Å²) in [5.41, 5.74) is 1.26. The van der Waals surface area contributed by atoms with E-state index in [4.69, 9.17) is 0 Å². The molecule has 0 unspecified atom stereocenters. The van der Waals surface area contributed by atoms with E-state index in [0.29, 0.717) is 26.1 Å². The number of thioether (sulfide) groups is 1. The highest BCUT2D eigenvalue weighted by molar-refractivity contribution is 8.00. The van der Waals surface area contributed by atoms with Crippen LogP contribution in [0.3, 0.4) is 0 Å². The van der Waals surface area contributed by atoms with Gasteiger partial charge in [-0.2, -0.15) is 0 Å². The highest BCUT2D eigenvalue weighted by atomic mass is 32.2. The Labute approximate surface area is 172 Å². The maximum atomic E-state index is 12.9. The van der Waals surface area contributed by atoms with Gasteiger partial charge in [0, 0.05) is 5.75 Å². The van der Waals surface area contributed by atoms with Crippen LogP contribution < -0.4 is 10.9 Å². The minimum absolute atomic E-state index is 0.172. The number of nitrogens with one attached hydrogen (secondary N) is 1. The molecule has 2 heterocycles. The molecular weight excluding hydrogens is 413 g/mol. The summed E-state index contributed by atoms with van der Waals surface area (Å²) in [4.78, 5) is 28.9. The van der Waals surface area contributed by atoms with Crippen LogP contribution in [0.1, 0.15) is 5.56 Å². The van der Waals surface area contributed by atoms with Gasteiger partial charge >= 0.3 is 0 Å². The van der Waals surface area contributed by atoms with Gasteiger partial charge in [0.2, 0.25) is 11.0 Å². The van der Waals surface area contributed by atoms with Crippen molar-refractivity contribution >= 4 is 45.0 Å². The third-order valence-electron chi connectivity index (χ3n) is 3.97. The van der Waals surface area contributed by atoms with Crippen molar-refractivity contribution in [2.24, 2.45) is 0 Å². The van der Waals surface area contributed by atoms with E-state index in [2.05, 4.69) is 20.5 Å². The van der Waals surface area contributed by atoms with E-state index < -0.39 is 5.91 Å². The molecule has 146 valence electrons. The number of halogens is 1. The number of nitrogens with zero attached hydrogens (tertiary/aromatic N) is 4. The smallest absolute Gasteiger partial charge is 0.261 e. The first-order valence-electron chi connectivity index (χ1n) is 8.53. The molecule has 29 heavy (non-hydrogen) atoms. The molecule has 0 saturated heterocycles. The zero-order chi connectivity index (χ0) is 20.2. The Morgan fingerprint density at radius 2 is 1.93 bits per heavy atom. The number of carbonyl (C=O) groups is 1. The second-order valence-electron chi connectivity index (χ2n) is 6.03. The van der Waals surface area contributed by atoms with Crippen LogP contribution in [-0.4, -0.2) is 25.7 Å². The summed E-state index contributed by atoms with van der Waals surface area (Å²) in [7, 11) is 0. The Morgan fingerprint density at radius 1 is 1.14 bits per heavy atom. The van der Waals surface area contributed by atoms with Gasteiger partial charge in [0.25, 0.3) is 5.56 Å². The van der Waals surface area contributed by atoms with Crippen LogP contribution in [0.4, 0.5) is 9.52 Å². The molecule has 4 aromatic rings. The molecule has 1 amide bonds. The van der Waals surface area contributed by atoms with Crippen LogP contribution in [0.15, 0.2) is 64.0 Å². The monoisotopic (exact) mass is 427 g/mol. The van der Waals surface area contributed by atoms with E-state index in [1.165, 1.54) is 46.1 Å². The van der Waals surface area contributed by atoms with Crippen LogP contribution in [0, 0.1) is 5.82 Å². The lowest BCUT2D eigenvalue weighted by molar-refractivity contribution is -0.116. The van der Waals surface area contributed by atoms with Crippen molar-refractivity contribution in [3.63, 3.8) is 0 Å². The van der Waals surface area contributed by atoms with Gasteiger partial charge in [-0.15, -0.1) is 10.2 Å². The number of benzene rings is 2. The van der Waals surface area contributed by atoms with Gasteiger partial charge in [0.1, 0.15) is 12.4 Å². The second kappa shape index (κ2) is 8.50. The highest BCUT2D eigenvalue weighted by Gasteiger charge is 2.11. The Balaban J connectivity index is 1.37. The van der Waals surface area contributed by atoms with Gasteiger partial charge in [0.15, 0.2) is 4.34 Å². The van der Waals surface area contributed by atoms with Crippen molar-refractivity contribution < 1.29 is 9.18 Å². The number of amides is 1. The zero-order valence-corrected chi connectivity index (χ0v) is 16.5. The maximum Gasteiger partial charge on any atom is 0.261 e. The summed E-state index contributed by atoms with van der Waals surface area (Å²) in [6.45, 7) is -0.172. The number of aromatic nitrogens is 4. The molecule has 4 rings (SSSR count). The van der Waals surface area contributed by atoms with E-state index in [1.807, 2.05) is 0 Å². The second-order valence-corrected chi connectivity index (χ2v) is 8.23. The minimum atomic E-state index is -0.393. The quantitative estimate of drug-likeness (QED) is 0.375. The summed E-state index contributed by atoms with van der Waals surface area (Å²) in [6.07, 6.45) is 1.36. The first-order chi connectivity index (χ1) is 14.1. The third-order valence-corrected chi connectivity index (χ3v) is 6.02. The lowest BCUT2D eigenvalue weighted by Crippen LogP contribution is -2.27. The van der Waals surface area contributed by atoms with E-state index >= 15 is 0 Å². The third kappa shape index (κ3) is 4.66. The molecule has 0 fully saturated rings. The van der Waals surface area contributed by atoms with Crippen LogP contribution in [0.5, 0.6) is 0 Å². The van der Waals surface area contributed by atoms with Gasteiger partial charge in [-0.05, 0) is 29.8 Å². The molecule has 0 spiro atoms. The van der Waals surface area contributed by atoms with Gasteiger partial charge in [-0.25, -0.2) is 9.37 Å². The summed E-state index contributed by atoms with van der Waals surface area (Å²) in [5, 5.41) is 11.4. The van der Waals surface area contributed by atoms with Gasteiger partial charge in [0.05, 0.1) is 17.2 Å². The molecule has 0 aliphatic rings. The first kappa shape index (κ1) is 19.2. The SMILES string of the molecule is O=C(Cn1cnc2ccccc2c1=O)Nc1nnc(SCc2ccc(F)cc2)s1. The molecule has 0 radical (unpaired) electrons. The standard InChI is InChI=1S/C19H14FN5O2S2/c20-13-7-5-12(6-8-13)10-28-19-24-23-18(29-19)22-16(26)9-25-11-21-15-4-2-1-3-14(15)17(25)27/h1-8,11H,9-10H2,(H,22,23,26). The Hall–Kier alpha value is -3.11. The Bertz CT molecular complexity index is 1220. The lowest BCUT2D eigenvalue weighted by atomic mass is 10.2. The maximum absolute atomic E-state index is 12.9. The normalized spacial score (nSPS) is 10.9. The molecule has 7 nitrogen and oxygen atoms in total.